The molecule has 0 aromatic carbocycles. The Kier molecular flexibility index (Phi) is 6.47. The second kappa shape index (κ2) is 8.40. The third kappa shape index (κ3) is 5.11. The van der Waals surface area contributed by atoms with Gasteiger partial charge in [0.25, 0.3) is 17.9 Å². The lowest BCUT2D eigenvalue weighted by Crippen LogP contribution is -2.26. The first-order valence-corrected chi connectivity index (χ1v) is 8.42. The number of carbonyl (C=O) groups excluding carboxylic acids is 1. The van der Waals surface area contributed by atoms with E-state index in [0.717, 1.165) is 23.6 Å². The van der Waals surface area contributed by atoms with Crippen molar-refractivity contribution in [3.8, 4) is 11.8 Å². The van der Waals surface area contributed by atoms with Crippen molar-refractivity contribution in [3.63, 3.8) is 0 Å². The van der Waals surface area contributed by atoms with Gasteiger partial charge in [0.15, 0.2) is 5.82 Å². The van der Waals surface area contributed by atoms with Crippen LogP contribution in [0.15, 0.2) is 23.1 Å². The Morgan fingerprint density at radius 3 is 2.77 bits per heavy atom. The van der Waals surface area contributed by atoms with E-state index in [9.17, 15) is 22.8 Å². The highest BCUT2D eigenvalue weighted by Crippen LogP contribution is 2.27. The second-order valence-corrected chi connectivity index (χ2v) is 6.68. The summed E-state index contributed by atoms with van der Waals surface area (Å²) in [5, 5.41) is 2.59. The largest absolute Gasteiger partial charge is 0.320 e. The fraction of sp³-hybridized carbons (Fsp3) is 0.250. The predicted octanol–water partition coefficient (Wildman–Crippen LogP) is 2.92. The van der Waals surface area contributed by atoms with E-state index >= 15 is 0 Å². The number of nitrogens with two attached hydrogens (primary N) is 1. The van der Waals surface area contributed by atoms with Crippen molar-refractivity contribution in [2.75, 3.05) is 5.32 Å². The minimum atomic E-state index is -2.85. The maximum atomic E-state index is 13.6. The van der Waals surface area contributed by atoms with E-state index < -0.39 is 30.3 Å². The number of nitrogens with zero attached hydrogens (tertiary/aromatic N) is 1. The van der Waals surface area contributed by atoms with E-state index in [1.54, 1.807) is 6.92 Å². The summed E-state index contributed by atoms with van der Waals surface area (Å²) in [5.41, 5.74) is 4.19. The number of nitrogens with one attached hydrogen (secondary N) is 1. The number of hydrogen-bond acceptors (Lipinski definition) is 4. The monoisotopic (exact) mass is 403 g/mol. The smallest absolute Gasteiger partial charge is 0.286 e. The van der Waals surface area contributed by atoms with E-state index in [-0.39, 0.29) is 21.6 Å². The quantitative estimate of drug-likeness (QED) is 0.770. The molecule has 0 fully saturated rings. The Morgan fingerprint density at radius 1 is 1.46 bits per heavy atom. The topological polar surface area (TPSA) is 77.1 Å². The van der Waals surface area contributed by atoms with Crippen LogP contribution in [0, 0.1) is 17.7 Å². The summed E-state index contributed by atoms with van der Waals surface area (Å²) in [5.74, 6) is 3.55. The average molecular weight is 404 g/mol. The molecule has 3 N–H and O–H groups in total. The van der Waals surface area contributed by atoms with E-state index in [1.165, 1.54) is 6.07 Å². The van der Waals surface area contributed by atoms with Crippen LogP contribution >= 0.6 is 22.9 Å². The number of aromatic nitrogens is 1. The molecule has 1 atom stereocenters. The Bertz CT molecular complexity index is 944. The summed E-state index contributed by atoms with van der Waals surface area (Å²) in [4.78, 5) is 24.4. The standard InChI is InChI=1S/C16H13ClF3N3O2S/c1-8(21)2-3-12-10(17)5-13(26-12)15(24)22-9-4-11(18)16(25)23(6-9)7-14(19)20/h4-6,8,14H,7,21H2,1H3,(H,22,24). The normalized spacial score (nSPS) is 11.8. The molecule has 0 saturated carbocycles. The van der Waals surface area contributed by atoms with Gasteiger partial charge in [0.05, 0.1) is 33.1 Å². The molecule has 2 aromatic rings. The predicted molar refractivity (Wildman–Crippen MR) is 94.5 cm³/mol. The van der Waals surface area contributed by atoms with E-state index in [2.05, 4.69) is 17.2 Å². The van der Waals surface area contributed by atoms with Crippen LogP contribution in [-0.2, 0) is 6.54 Å². The highest BCUT2D eigenvalue weighted by Gasteiger charge is 2.16. The van der Waals surface area contributed by atoms with Crippen LogP contribution in [0.2, 0.25) is 5.02 Å². The van der Waals surface area contributed by atoms with E-state index in [0.29, 0.717) is 9.44 Å². The summed E-state index contributed by atoms with van der Waals surface area (Å²) in [6, 6.07) is 1.76. The zero-order valence-corrected chi connectivity index (χ0v) is 14.9. The van der Waals surface area contributed by atoms with Gasteiger partial charge in [0.2, 0.25) is 0 Å². The molecule has 0 radical (unpaired) electrons. The Labute approximate surface area is 155 Å². The second-order valence-electron chi connectivity index (χ2n) is 5.23. The number of amides is 1. The molecule has 2 heterocycles. The highest BCUT2D eigenvalue weighted by molar-refractivity contribution is 7.15. The molecule has 2 rings (SSSR count). The molecule has 1 amide bonds. The molecular formula is C16H13ClF3N3O2S. The molecular weight excluding hydrogens is 391 g/mol. The molecule has 0 spiro atoms. The van der Waals surface area contributed by atoms with Gasteiger partial charge in [-0.15, -0.1) is 11.3 Å². The zero-order valence-electron chi connectivity index (χ0n) is 13.4. The lowest BCUT2D eigenvalue weighted by Gasteiger charge is -2.09. The Morgan fingerprint density at radius 2 is 2.15 bits per heavy atom. The van der Waals surface area contributed by atoms with E-state index in [4.69, 9.17) is 17.3 Å². The first-order valence-electron chi connectivity index (χ1n) is 7.23. The minimum Gasteiger partial charge on any atom is -0.320 e. The fourth-order valence-electron chi connectivity index (χ4n) is 1.89. The van der Waals surface area contributed by atoms with Gasteiger partial charge in [-0.1, -0.05) is 23.4 Å². The van der Waals surface area contributed by atoms with Crippen LogP contribution in [0.1, 0.15) is 21.5 Å². The number of pyridine rings is 1. The SMILES string of the molecule is CC(N)C#Cc1sc(C(=O)Nc2cc(F)c(=O)n(CC(F)F)c2)cc1Cl. The number of halogens is 4. The van der Waals surface area contributed by atoms with Crippen LogP contribution < -0.4 is 16.6 Å². The van der Waals surface area contributed by atoms with Gasteiger partial charge in [0.1, 0.15) is 0 Å². The first-order chi connectivity index (χ1) is 12.2. The van der Waals surface area contributed by atoms with Gasteiger partial charge in [0, 0.05) is 12.3 Å². The summed E-state index contributed by atoms with van der Waals surface area (Å²) in [7, 11) is 0. The summed E-state index contributed by atoms with van der Waals surface area (Å²) in [6.45, 7) is 0.701. The van der Waals surface area contributed by atoms with E-state index in [1.807, 2.05) is 0 Å². The maximum Gasteiger partial charge on any atom is 0.286 e. The molecule has 0 aliphatic heterocycles. The van der Waals surface area contributed by atoms with Gasteiger partial charge in [-0.25, -0.2) is 13.2 Å². The van der Waals surface area contributed by atoms with Crippen molar-refractivity contribution >= 4 is 34.5 Å². The number of anilines is 1. The highest BCUT2D eigenvalue weighted by atomic mass is 35.5. The van der Waals surface area contributed by atoms with Gasteiger partial charge in [-0.3, -0.25) is 9.59 Å². The van der Waals surface area contributed by atoms with Crippen molar-refractivity contribution in [2.45, 2.75) is 25.9 Å². The van der Waals surface area contributed by atoms with Crippen molar-refractivity contribution in [2.24, 2.45) is 5.73 Å². The third-order valence-corrected chi connectivity index (χ3v) is 4.42. The molecule has 26 heavy (non-hydrogen) atoms. The van der Waals surface area contributed by atoms with Crippen molar-refractivity contribution in [1.29, 1.82) is 0 Å². The lowest BCUT2D eigenvalue weighted by molar-refractivity contribution is 0.103. The third-order valence-electron chi connectivity index (χ3n) is 2.96. The molecule has 0 aliphatic carbocycles. The Balaban J connectivity index is 2.25. The molecule has 1 unspecified atom stereocenters. The molecule has 0 bridgehead atoms. The number of carbonyl (C=O) groups is 1. The molecule has 2 aromatic heterocycles. The van der Waals surface area contributed by atoms with Crippen molar-refractivity contribution < 1.29 is 18.0 Å². The number of thiophene rings is 1. The average Bonchev–Trinajstić information content (AvgIpc) is 2.91. The minimum absolute atomic E-state index is 0.138. The summed E-state index contributed by atoms with van der Waals surface area (Å²) >= 11 is 7.00. The van der Waals surface area contributed by atoms with Gasteiger partial charge in [-0.05, 0) is 13.0 Å². The molecule has 138 valence electrons. The van der Waals surface area contributed by atoms with Crippen molar-refractivity contribution in [1.82, 2.24) is 4.57 Å². The lowest BCUT2D eigenvalue weighted by atomic mass is 10.3. The Hall–Kier alpha value is -2.28. The summed E-state index contributed by atoms with van der Waals surface area (Å²) in [6.07, 6.45) is -1.90. The molecule has 0 saturated heterocycles. The van der Waals surface area contributed by atoms with Crippen molar-refractivity contribution in [3.05, 3.63) is 49.3 Å². The first kappa shape index (κ1) is 20.0. The van der Waals surface area contributed by atoms with Gasteiger partial charge < -0.3 is 15.6 Å². The molecule has 10 heteroatoms. The van der Waals surface area contributed by atoms with Crippen LogP contribution in [0.25, 0.3) is 0 Å². The summed E-state index contributed by atoms with van der Waals surface area (Å²) < 4.78 is 39.0. The number of rotatable bonds is 4. The number of hydrogen-bond donors (Lipinski definition) is 2. The van der Waals surface area contributed by atoms with Crippen LogP contribution in [0.5, 0.6) is 0 Å². The fourth-order valence-corrected chi connectivity index (χ4v) is 3.03. The van der Waals surface area contributed by atoms with Gasteiger partial charge >= 0.3 is 0 Å². The van der Waals surface area contributed by atoms with Crippen LogP contribution in [-0.4, -0.2) is 22.9 Å². The van der Waals surface area contributed by atoms with Gasteiger partial charge in [-0.2, -0.15) is 0 Å². The molecule has 0 aliphatic rings. The van der Waals surface area contributed by atoms with Crippen LogP contribution in [0.4, 0.5) is 18.9 Å². The number of alkyl halides is 2. The molecule has 5 nitrogen and oxygen atoms in total. The maximum absolute atomic E-state index is 13.6. The van der Waals surface area contributed by atoms with Crippen LogP contribution in [0.3, 0.4) is 0 Å². The zero-order chi connectivity index (χ0) is 19.4.